The molecule has 0 saturated heterocycles. The SMILES string of the molecule is COc1ccc(C)c(-c2ccccc2P(c2ccccc2)c2ccccc2)c1-c1cc(P)ccc1C. The van der Waals surface area contributed by atoms with Crippen LogP contribution in [0.5, 0.6) is 5.75 Å². The lowest BCUT2D eigenvalue weighted by Gasteiger charge is -2.25. The lowest BCUT2D eigenvalue weighted by Crippen LogP contribution is -2.22. The average molecular weight is 505 g/mol. The van der Waals surface area contributed by atoms with Gasteiger partial charge in [0.05, 0.1) is 7.11 Å². The van der Waals surface area contributed by atoms with E-state index in [2.05, 4.69) is 138 Å². The molecule has 0 fully saturated rings. The summed E-state index contributed by atoms with van der Waals surface area (Å²) in [6.07, 6.45) is 0. The topological polar surface area (TPSA) is 9.23 Å². The second kappa shape index (κ2) is 10.8. The Kier molecular flexibility index (Phi) is 7.33. The molecule has 0 N–H and O–H groups in total. The summed E-state index contributed by atoms with van der Waals surface area (Å²) < 4.78 is 5.98. The Labute approximate surface area is 218 Å². The Morgan fingerprint density at radius 2 is 1.17 bits per heavy atom. The Hall–Kier alpha value is -3.24. The normalized spacial score (nSPS) is 11.0. The van der Waals surface area contributed by atoms with Gasteiger partial charge in [0.2, 0.25) is 0 Å². The van der Waals surface area contributed by atoms with Gasteiger partial charge in [-0.15, -0.1) is 9.24 Å². The number of benzene rings is 5. The van der Waals surface area contributed by atoms with Gasteiger partial charge in [0.15, 0.2) is 0 Å². The van der Waals surface area contributed by atoms with Gasteiger partial charge in [0, 0.05) is 5.56 Å². The molecule has 0 saturated carbocycles. The fourth-order valence-corrected chi connectivity index (χ4v) is 7.56. The standard InChI is InChI=1S/C33H30OP2/c1-23-18-20-25(35)22-29(23)33-30(34-3)21-19-24(2)32(33)28-16-10-11-17-31(28)36(26-12-6-4-7-13-26)27-14-8-5-9-15-27/h4-22H,35H2,1-3H3. The van der Waals surface area contributed by atoms with Crippen LogP contribution < -0.4 is 26.0 Å². The first-order chi connectivity index (χ1) is 17.6. The fourth-order valence-electron chi connectivity index (χ4n) is 4.84. The third-order valence-electron chi connectivity index (χ3n) is 6.57. The Morgan fingerprint density at radius 1 is 0.583 bits per heavy atom. The first-order valence-electron chi connectivity index (χ1n) is 12.1. The Morgan fingerprint density at radius 3 is 1.81 bits per heavy atom. The van der Waals surface area contributed by atoms with E-state index in [0.29, 0.717) is 0 Å². The van der Waals surface area contributed by atoms with Crippen molar-refractivity contribution >= 4 is 38.4 Å². The second-order valence-corrected chi connectivity index (χ2v) is 11.8. The third kappa shape index (κ3) is 4.75. The molecule has 5 aromatic rings. The zero-order valence-electron chi connectivity index (χ0n) is 20.9. The molecule has 0 radical (unpaired) electrons. The molecule has 178 valence electrons. The lowest BCUT2D eigenvalue weighted by molar-refractivity contribution is 0.416. The van der Waals surface area contributed by atoms with E-state index in [9.17, 15) is 0 Å². The van der Waals surface area contributed by atoms with Crippen molar-refractivity contribution in [2.24, 2.45) is 0 Å². The summed E-state index contributed by atoms with van der Waals surface area (Å²) >= 11 is 0. The van der Waals surface area contributed by atoms with Gasteiger partial charge in [-0.05, 0) is 82.9 Å². The van der Waals surface area contributed by atoms with Crippen molar-refractivity contribution in [2.75, 3.05) is 7.11 Å². The van der Waals surface area contributed by atoms with Gasteiger partial charge in [-0.3, -0.25) is 0 Å². The van der Waals surface area contributed by atoms with Gasteiger partial charge in [0.1, 0.15) is 5.75 Å². The van der Waals surface area contributed by atoms with E-state index in [1.165, 1.54) is 43.7 Å². The van der Waals surface area contributed by atoms with Crippen molar-refractivity contribution in [1.82, 2.24) is 0 Å². The van der Waals surface area contributed by atoms with Gasteiger partial charge in [-0.2, -0.15) is 0 Å². The number of ether oxygens (including phenoxy) is 1. The highest BCUT2D eigenvalue weighted by molar-refractivity contribution is 7.80. The molecular weight excluding hydrogens is 474 g/mol. The molecule has 0 amide bonds. The van der Waals surface area contributed by atoms with Crippen LogP contribution in [0.4, 0.5) is 0 Å². The monoisotopic (exact) mass is 504 g/mol. The lowest BCUT2D eigenvalue weighted by atomic mass is 9.88. The van der Waals surface area contributed by atoms with Crippen molar-refractivity contribution in [3.05, 3.63) is 126 Å². The van der Waals surface area contributed by atoms with Crippen LogP contribution in [-0.4, -0.2) is 7.11 Å². The first-order valence-corrected chi connectivity index (χ1v) is 14.0. The predicted octanol–water partition coefficient (Wildman–Crippen LogP) is 6.90. The zero-order valence-corrected chi connectivity index (χ0v) is 23.0. The molecule has 36 heavy (non-hydrogen) atoms. The largest absolute Gasteiger partial charge is 0.496 e. The van der Waals surface area contributed by atoms with Crippen LogP contribution in [0.15, 0.2) is 115 Å². The van der Waals surface area contributed by atoms with Crippen molar-refractivity contribution in [3.63, 3.8) is 0 Å². The van der Waals surface area contributed by atoms with E-state index < -0.39 is 7.92 Å². The Bertz CT molecular complexity index is 1450. The summed E-state index contributed by atoms with van der Waals surface area (Å²) in [6.45, 7) is 4.39. The molecular formula is C33H30OP2. The van der Waals surface area contributed by atoms with Crippen LogP contribution in [0, 0.1) is 13.8 Å². The molecule has 0 aromatic heterocycles. The summed E-state index contributed by atoms with van der Waals surface area (Å²) in [5, 5.41) is 5.20. The summed E-state index contributed by atoms with van der Waals surface area (Å²) in [5.74, 6) is 0.896. The summed E-state index contributed by atoms with van der Waals surface area (Å²) in [6, 6.07) is 41.6. The van der Waals surface area contributed by atoms with Crippen LogP contribution in [0.1, 0.15) is 11.1 Å². The fraction of sp³-hybridized carbons (Fsp3) is 0.0909. The maximum atomic E-state index is 5.98. The molecule has 0 aliphatic carbocycles. The first kappa shape index (κ1) is 24.5. The molecule has 0 bridgehead atoms. The molecule has 3 heteroatoms. The third-order valence-corrected chi connectivity index (χ3v) is 9.43. The average Bonchev–Trinajstić information content (AvgIpc) is 2.92. The molecule has 5 aromatic carbocycles. The molecule has 1 unspecified atom stereocenters. The summed E-state index contributed by atoms with van der Waals surface area (Å²) in [4.78, 5) is 0. The zero-order chi connectivity index (χ0) is 25.1. The van der Waals surface area contributed by atoms with Crippen molar-refractivity contribution in [3.8, 4) is 28.0 Å². The molecule has 0 aliphatic rings. The van der Waals surface area contributed by atoms with E-state index in [1.807, 2.05) is 0 Å². The number of hydrogen-bond acceptors (Lipinski definition) is 1. The van der Waals surface area contributed by atoms with Crippen LogP contribution in [0.3, 0.4) is 0 Å². The minimum atomic E-state index is -0.757. The van der Waals surface area contributed by atoms with Gasteiger partial charge < -0.3 is 4.74 Å². The maximum Gasteiger partial charge on any atom is 0.127 e. The van der Waals surface area contributed by atoms with E-state index in [0.717, 1.165) is 16.6 Å². The highest BCUT2D eigenvalue weighted by atomic mass is 31.1. The van der Waals surface area contributed by atoms with Crippen LogP contribution in [0.2, 0.25) is 0 Å². The smallest absolute Gasteiger partial charge is 0.127 e. The van der Waals surface area contributed by atoms with E-state index >= 15 is 0 Å². The molecule has 0 heterocycles. The predicted molar refractivity (Wildman–Crippen MR) is 161 cm³/mol. The second-order valence-electron chi connectivity index (χ2n) is 8.93. The number of rotatable bonds is 6. The van der Waals surface area contributed by atoms with Gasteiger partial charge in [-0.1, -0.05) is 103 Å². The van der Waals surface area contributed by atoms with Crippen LogP contribution in [0.25, 0.3) is 22.3 Å². The van der Waals surface area contributed by atoms with Gasteiger partial charge in [-0.25, -0.2) is 0 Å². The van der Waals surface area contributed by atoms with E-state index in [-0.39, 0.29) is 0 Å². The molecule has 1 atom stereocenters. The van der Waals surface area contributed by atoms with E-state index in [1.54, 1.807) is 7.11 Å². The quantitative estimate of drug-likeness (QED) is 0.229. The molecule has 5 rings (SSSR count). The molecule has 0 aliphatic heterocycles. The Balaban J connectivity index is 1.84. The number of methoxy groups -OCH3 is 1. The van der Waals surface area contributed by atoms with Crippen molar-refractivity contribution < 1.29 is 4.74 Å². The van der Waals surface area contributed by atoms with Gasteiger partial charge >= 0.3 is 0 Å². The van der Waals surface area contributed by atoms with Crippen molar-refractivity contribution in [1.29, 1.82) is 0 Å². The molecule has 0 spiro atoms. The minimum Gasteiger partial charge on any atom is -0.496 e. The van der Waals surface area contributed by atoms with E-state index in [4.69, 9.17) is 4.74 Å². The minimum absolute atomic E-state index is 0.757. The maximum absolute atomic E-state index is 5.98. The highest BCUT2D eigenvalue weighted by Gasteiger charge is 2.24. The van der Waals surface area contributed by atoms with Crippen LogP contribution in [-0.2, 0) is 0 Å². The summed E-state index contributed by atoms with van der Waals surface area (Å²) in [7, 11) is 3.85. The number of aryl methyl sites for hydroxylation is 2. The van der Waals surface area contributed by atoms with Crippen LogP contribution >= 0.6 is 17.2 Å². The molecule has 1 nitrogen and oxygen atoms in total. The summed E-state index contributed by atoms with van der Waals surface area (Å²) in [5.41, 5.74) is 7.33. The number of hydrogen-bond donors (Lipinski definition) is 0. The van der Waals surface area contributed by atoms with Gasteiger partial charge in [0.25, 0.3) is 0 Å². The highest BCUT2D eigenvalue weighted by Crippen LogP contribution is 2.45. The van der Waals surface area contributed by atoms with Crippen molar-refractivity contribution in [2.45, 2.75) is 13.8 Å².